The summed E-state index contributed by atoms with van der Waals surface area (Å²) < 4.78 is 0. The van der Waals surface area contributed by atoms with Crippen molar-refractivity contribution >= 4 is 23.1 Å². The average Bonchev–Trinajstić information content (AvgIpc) is 3.17. The Balaban J connectivity index is 1.49. The molecule has 3 rings (SSSR count). The molecule has 2 aromatic rings. The second-order valence-corrected chi connectivity index (χ2v) is 5.51. The van der Waals surface area contributed by atoms with Crippen molar-refractivity contribution in [1.82, 2.24) is 10.3 Å². The minimum atomic E-state index is -0.202. The molecule has 0 spiro atoms. The van der Waals surface area contributed by atoms with Crippen molar-refractivity contribution < 1.29 is 4.79 Å². The van der Waals surface area contributed by atoms with Crippen LogP contribution in [0.4, 0.5) is 10.5 Å². The van der Waals surface area contributed by atoms with Gasteiger partial charge in [0.2, 0.25) is 0 Å². The Labute approximate surface area is 115 Å². The Morgan fingerprint density at radius 1 is 1.32 bits per heavy atom. The molecular weight excluding hydrogens is 258 g/mol. The molecule has 4 nitrogen and oxygen atoms in total. The van der Waals surface area contributed by atoms with Gasteiger partial charge in [-0.3, -0.25) is 0 Å². The van der Waals surface area contributed by atoms with Crippen molar-refractivity contribution in [2.75, 3.05) is 5.32 Å². The molecule has 0 atom stereocenters. The fraction of sp³-hybridized carbons (Fsp3) is 0.286. The number of hydrogen-bond acceptors (Lipinski definition) is 3. The van der Waals surface area contributed by atoms with E-state index in [0.29, 0.717) is 12.5 Å². The molecule has 2 N–H and O–H groups in total. The van der Waals surface area contributed by atoms with Crippen LogP contribution in [-0.4, -0.2) is 11.0 Å². The van der Waals surface area contributed by atoms with Crippen molar-refractivity contribution in [1.29, 1.82) is 0 Å². The molecule has 0 aliphatic heterocycles. The largest absolute Gasteiger partial charge is 0.332 e. The molecule has 0 bridgehead atoms. The van der Waals surface area contributed by atoms with Crippen LogP contribution in [-0.2, 0) is 6.54 Å². The van der Waals surface area contributed by atoms with E-state index < -0.39 is 0 Å². The predicted molar refractivity (Wildman–Crippen MR) is 76.4 cm³/mol. The molecule has 1 saturated carbocycles. The van der Waals surface area contributed by atoms with Crippen LogP contribution in [0.5, 0.6) is 0 Å². The van der Waals surface area contributed by atoms with Gasteiger partial charge in [0.1, 0.15) is 0 Å². The van der Waals surface area contributed by atoms with Gasteiger partial charge in [0, 0.05) is 17.0 Å². The van der Waals surface area contributed by atoms with E-state index in [4.69, 9.17) is 0 Å². The molecule has 1 aromatic heterocycles. The lowest BCUT2D eigenvalue weighted by Crippen LogP contribution is -2.28. The molecule has 1 aliphatic rings. The van der Waals surface area contributed by atoms with Gasteiger partial charge in [0.05, 0.1) is 17.2 Å². The summed E-state index contributed by atoms with van der Waals surface area (Å²) in [5.41, 5.74) is 1.73. The quantitative estimate of drug-likeness (QED) is 0.897. The Kier molecular flexibility index (Phi) is 3.46. The van der Waals surface area contributed by atoms with Crippen LogP contribution in [0.3, 0.4) is 0 Å². The van der Waals surface area contributed by atoms with Crippen LogP contribution in [0.1, 0.15) is 29.5 Å². The third kappa shape index (κ3) is 3.32. The van der Waals surface area contributed by atoms with Crippen LogP contribution in [0, 0.1) is 0 Å². The maximum atomic E-state index is 11.7. The number of carbonyl (C=O) groups excluding carboxylic acids is 1. The molecule has 1 heterocycles. The highest BCUT2D eigenvalue weighted by atomic mass is 32.1. The fourth-order valence-electron chi connectivity index (χ4n) is 1.79. The lowest BCUT2D eigenvalue weighted by atomic mass is 10.3. The van der Waals surface area contributed by atoms with Gasteiger partial charge in [-0.05, 0) is 25.0 Å². The Bertz CT molecular complexity index is 563. The van der Waals surface area contributed by atoms with E-state index in [1.807, 2.05) is 35.7 Å². The van der Waals surface area contributed by atoms with Crippen LogP contribution >= 0.6 is 11.3 Å². The highest BCUT2D eigenvalue weighted by Crippen LogP contribution is 2.41. The molecule has 19 heavy (non-hydrogen) atoms. The van der Waals surface area contributed by atoms with Crippen LogP contribution in [0.25, 0.3) is 0 Å². The number of nitrogens with zero attached hydrogens (tertiary/aromatic N) is 1. The minimum absolute atomic E-state index is 0.202. The number of carbonyl (C=O) groups is 1. The summed E-state index contributed by atoms with van der Waals surface area (Å²) >= 11 is 1.69. The van der Waals surface area contributed by atoms with E-state index >= 15 is 0 Å². The summed E-state index contributed by atoms with van der Waals surface area (Å²) in [6.45, 7) is 0.474. The number of aromatic nitrogens is 1. The van der Waals surface area contributed by atoms with Crippen molar-refractivity contribution in [2.24, 2.45) is 0 Å². The smallest absolute Gasteiger partial charge is 0.319 e. The van der Waals surface area contributed by atoms with Gasteiger partial charge in [-0.25, -0.2) is 9.78 Å². The third-order valence-corrected chi connectivity index (χ3v) is 4.01. The van der Waals surface area contributed by atoms with Crippen LogP contribution in [0.15, 0.2) is 35.7 Å². The minimum Gasteiger partial charge on any atom is -0.332 e. The van der Waals surface area contributed by atoms with Gasteiger partial charge >= 0.3 is 6.03 Å². The molecule has 98 valence electrons. The second-order valence-electron chi connectivity index (χ2n) is 4.63. The highest BCUT2D eigenvalue weighted by molar-refractivity contribution is 7.09. The van der Waals surface area contributed by atoms with Crippen molar-refractivity contribution in [3.63, 3.8) is 0 Å². The first-order chi connectivity index (χ1) is 9.31. The average molecular weight is 273 g/mol. The first kappa shape index (κ1) is 12.2. The molecular formula is C14H15N3OS. The molecule has 1 aromatic carbocycles. The number of para-hydroxylation sites is 1. The molecule has 5 heteroatoms. The van der Waals surface area contributed by atoms with Crippen LogP contribution in [0.2, 0.25) is 0 Å². The number of anilines is 1. The molecule has 0 saturated heterocycles. The predicted octanol–water partition coefficient (Wildman–Crippen LogP) is 3.34. The number of rotatable bonds is 4. The summed E-state index contributed by atoms with van der Waals surface area (Å²) in [4.78, 5) is 16.2. The number of urea groups is 1. The zero-order valence-corrected chi connectivity index (χ0v) is 11.2. The Morgan fingerprint density at radius 3 is 2.84 bits per heavy atom. The maximum absolute atomic E-state index is 11.7. The molecule has 0 unspecified atom stereocenters. The summed E-state index contributed by atoms with van der Waals surface area (Å²) in [5, 5.41) is 8.83. The van der Waals surface area contributed by atoms with Gasteiger partial charge in [0.25, 0.3) is 0 Å². The number of nitrogens with one attached hydrogen (secondary N) is 2. The Morgan fingerprint density at radius 2 is 2.11 bits per heavy atom. The van der Waals surface area contributed by atoms with E-state index in [-0.39, 0.29) is 6.03 Å². The van der Waals surface area contributed by atoms with Crippen molar-refractivity contribution in [2.45, 2.75) is 25.3 Å². The molecule has 1 aliphatic carbocycles. The van der Waals surface area contributed by atoms with Gasteiger partial charge in [0.15, 0.2) is 0 Å². The molecule has 0 radical (unpaired) electrons. The van der Waals surface area contributed by atoms with E-state index in [1.54, 1.807) is 11.3 Å². The number of amides is 2. The zero-order valence-electron chi connectivity index (χ0n) is 10.4. The monoisotopic (exact) mass is 273 g/mol. The topological polar surface area (TPSA) is 54.0 Å². The van der Waals surface area contributed by atoms with E-state index in [2.05, 4.69) is 15.6 Å². The third-order valence-electron chi connectivity index (χ3n) is 2.96. The highest BCUT2D eigenvalue weighted by Gasteiger charge is 2.26. The molecule has 1 fully saturated rings. The number of hydrogen-bond donors (Lipinski definition) is 2. The lowest BCUT2D eigenvalue weighted by molar-refractivity contribution is 0.251. The normalized spacial score (nSPS) is 14.1. The Hall–Kier alpha value is -1.88. The van der Waals surface area contributed by atoms with E-state index in [0.717, 1.165) is 11.4 Å². The van der Waals surface area contributed by atoms with E-state index in [1.165, 1.54) is 17.8 Å². The van der Waals surface area contributed by atoms with Crippen molar-refractivity contribution in [3.05, 3.63) is 46.4 Å². The first-order valence-electron chi connectivity index (χ1n) is 6.35. The van der Waals surface area contributed by atoms with E-state index in [9.17, 15) is 4.79 Å². The first-order valence-corrected chi connectivity index (χ1v) is 7.23. The summed E-state index contributed by atoms with van der Waals surface area (Å²) in [5.74, 6) is 0.678. The zero-order chi connectivity index (χ0) is 13.1. The standard InChI is InChI=1S/C14H15N3OS/c18-14(17-11-4-2-1-3-5-11)15-8-12-9-19-13(16-12)10-6-7-10/h1-5,9-10H,6-8H2,(H2,15,17,18). The number of thiazole rings is 1. The maximum Gasteiger partial charge on any atom is 0.319 e. The lowest BCUT2D eigenvalue weighted by Gasteiger charge is -2.05. The SMILES string of the molecule is O=C(NCc1csc(C2CC2)n1)Nc1ccccc1. The van der Waals surface area contributed by atoms with Gasteiger partial charge < -0.3 is 10.6 Å². The van der Waals surface area contributed by atoms with Gasteiger partial charge in [-0.2, -0.15) is 0 Å². The van der Waals surface area contributed by atoms with Crippen molar-refractivity contribution in [3.8, 4) is 0 Å². The summed E-state index contributed by atoms with van der Waals surface area (Å²) in [6, 6.07) is 9.20. The summed E-state index contributed by atoms with van der Waals surface area (Å²) in [7, 11) is 0. The summed E-state index contributed by atoms with van der Waals surface area (Å²) in [6.07, 6.45) is 2.52. The fourth-order valence-corrected chi connectivity index (χ4v) is 2.78. The number of benzene rings is 1. The van der Waals surface area contributed by atoms with Crippen LogP contribution < -0.4 is 10.6 Å². The molecule has 2 amide bonds. The second kappa shape index (κ2) is 5.40. The van der Waals surface area contributed by atoms with Gasteiger partial charge in [-0.15, -0.1) is 11.3 Å². The van der Waals surface area contributed by atoms with Gasteiger partial charge in [-0.1, -0.05) is 18.2 Å².